The molecule has 0 fully saturated rings. The number of aromatic nitrogens is 1. The molecule has 1 heterocycles. The van der Waals surface area contributed by atoms with Gasteiger partial charge in [0.15, 0.2) is 5.84 Å². The highest BCUT2D eigenvalue weighted by Gasteiger charge is 2.13. The molecule has 0 saturated heterocycles. The minimum Gasteiger partial charge on any atom is -0.264 e. The third-order valence-corrected chi connectivity index (χ3v) is 10.3. The van der Waals surface area contributed by atoms with Gasteiger partial charge < -0.3 is 0 Å². The molecule has 3 heteroatoms. The van der Waals surface area contributed by atoms with Gasteiger partial charge in [-0.2, -0.15) is 0 Å². The number of hydrogen-bond donors (Lipinski definition) is 0. The van der Waals surface area contributed by atoms with E-state index in [-0.39, 0.29) is 0 Å². The second-order valence-corrected chi connectivity index (χ2v) is 13.8. The Bertz CT molecular complexity index is 2900. The lowest BCUT2D eigenvalue weighted by molar-refractivity contribution is 1.33. The Morgan fingerprint density at radius 2 is 0.891 bits per heavy atom. The molecule has 9 rings (SSSR count). The quantitative estimate of drug-likeness (QED) is 0.0925. The molecule has 55 heavy (non-hydrogen) atoms. The van der Waals surface area contributed by atoms with E-state index in [1.165, 1.54) is 32.3 Å². The van der Waals surface area contributed by atoms with Crippen LogP contribution in [-0.2, 0) is 0 Å². The van der Waals surface area contributed by atoms with E-state index in [1.54, 1.807) is 6.20 Å². The van der Waals surface area contributed by atoms with E-state index in [4.69, 9.17) is 9.98 Å². The summed E-state index contributed by atoms with van der Waals surface area (Å²) in [5, 5.41) is 7.53. The van der Waals surface area contributed by atoms with E-state index >= 15 is 0 Å². The Morgan fingerprint density at radius 1 is 0.400 bits per heavy atom. The maximum Gasteiger partial charge on any atom is 0.160 e. The van der Waals surface area contributed by atoms with Crippen LogP contribution in [0.25, 0.3) is 71.4 Å². The number of amidine groups is 1. The molecule has 0 amide bonds. The van der Waals surface area contributed by atoms with Gasteiger partial charge in [0.2, 0.25) is 0 Å². The van der Waals surface area contributed by atoms with Gasteiger partial charge in [-0.05, 0) is 103 Å². The monoisotopic (exact) mass is 703 g/mol. The first-order valence-electron chi connectivity index (χ1n) is 18.5. The van der Waals surface area contributed by atoms with Crippen LogP contribution < -0.4 is 0 Å². The van der Waals surface area contributed by atoms with Crippen LogP contribution in [0.15, 0.2) is 211 Å². The number of hydrogen-bond acceptors (Lipinski definition) is 2. The summed E-state index contributed by atoms with van der Waals surface area (Å²) in [4.78, 5) is 14.8. The fraction of sp³-hybridized carbons (Fsp3) is 0.0192. The maximum atomic E-state index is 5.25. The van der Waals surface area contributed by atoms with Crippen molar-refractivity contribution in [3.63, 3.8) is 0 Å². The Labute approximate surface area is 321 Å². The van der Waals surface area contributed by atoms with E-state index in [2.05, 4.69) is 169 Å². The molecule has 1 aromatic heterocycles. The number of aliphatic imine (C=N–C) groups is 2. The van der Waals surface area contributed by atoms with Gasteiger partial charge in [-0.15, -0.1) is 0 Å². The summed E-state index contributed by atoms with van der Waals surface area (Å²) < 4.78 is 0. The lowest BCUT2D eigenvalue weighted by Crippen LogP contribution is -2.05. The molecule has 0 saturated carbocycles. The Kier molecular flexibility index (Phi) is 8.95. The molecular formula is C52H37N3. The number of rotatable bonds is 7. The second-order valence-electron chi connectivity index (χ2n) is 13.8. The SMILES string of the molecule is C=C(/N=C(\N=C(/C)c1cccc(-c2ccccc2)c1)c1cccc(-c2ccc3c4ccccc4c4ccccc4c3c2)c1)c1cccc(-c2cccnc2)c1. The van der Waals surface area contributed by atoms with Crippen molar-refractivity contribution in [2.75, 3.05) is 0 Å². The van der Waals surface area contributed by atoms with Crippen molar-refractivity contribution < 1.29 is 0 Å². The molecule has 0 unspecified atom stereocenters. The average Bonchev–Trinajstić information content (AvgIpc) is 3.27. The standard InChI is InChI=1S/C52H37N3/c1-35(38-16-10-18-40(30-38)37-14-4-3-5-15-37)54-52(55-36(2)39-17-11-20-42(31-39)45-22-13-29-53-34-45)44-21-12-19-41(32-44)43-27-28-50-48-25-7-6-23-46(48)47-24-8-9-26-49(47)51(50)33-43/h3-34H,2H2,1H3/b54-35+,55-52-. The molecule has 0 atom stereocenters. The van der Waals surface area contributed by atoms with Crippen LogP contribution in [0.3, 0.4) is 0 Å². The molecule has 0 aliphatic carbocycles. The Balaban J connectivity index is 1.16. The first-order valence-corrected chi connectivity index (χ1v) is 18.5. The van der Waals surface area contributed by atoms with Crippen molar-refractivity contribution in [2.24, 2.45) is 9.98 Å². The van der Waals surface area contributed by atoms with Gasteiger partial charge in [0.05, 0.1) is 5.70 Å². The number of benzene rings is 8. The molecule has 3 nitrogen and oxygen atoms in total. The van der Waals surface area contributed by atoms with Crippen LogP contribution in [0.5, 0.6) is 0 Å². The van der Waals surface area contributed by atoms with Gasteiger partial charge in [-0.1, -0.05) is 158 Å². The smallest absolute Gasteiger partial charge is 0.160 e. The van der Waals surface area contributed by atoms with Gasteiger partial charge in [0, 0.05) is 34.8 Å². The van der Waals surface area contributed by atoms with Gasteiger partial charge in [0.25, 0.3) is 0 Å². The van der Waals surface area contributed by atoms with Crippen molar-refractivity contribution in [1.82, 2.24) is 4.98 Å². The summed E-state index contributed by atoms with van der Waals surface area (Å²) in [6, 6.07) is 64.0. The van der Waals surface area contributed by atoms with Crippen molar-refractivity contribution in [3.05, 3.63) is 218 Å². The molecule has 0 aliphatic rings. The summed E-state index contributed by atoms with van der Waals surface area (Å²) in [5.41, 5.74) is 11.0. The zero-order valence-corrected chi connectivity index (χ0v) is 30.5. The van der Waals surface area contributed by atoms with Crippen LogP contribution in [-0.4, -0.2) is 16.5 Å². The van der Waals surface area contributed by atoms with E-state index in [1.807, 2.05) is 37.4 Å². The van der Waals surface area contributed by atoms with Gasteiger partial charge in [-0.3, -0.25) is 4.98 Å². The fourth-order valence-electron chi connectivity index (χ4n) is 7.46. The molecule has 8 aromatic carbocycles. The van der Waals surface area contributed by atoms with Gasteiger partial charge in [0.1, 0.15) is 0 Å². The molecular weight excluding hydrogens is 667 g/mol. The van der Waals surface area contributed by atoms with Crippen LogP contribution in [0, 0.1) is 0 Å². The minimum absolute atomic E-state index is 0.596. The highest BCUT2D eigenvalue weighted by atomic mass is 14.9. The zero-order valence-electron chi connectivity index (χ0n) is 30.5. The Morgan fingerprint density at radius 3 is 1.56 bits per heavy atom. The lowest BCUT2D eigenvalue weighted by atomic mass is 9.92. The second kappa shape index (κ2) is 14.7. The minimum atomic E-state index is 0.596. The third-order valence-electron chi connectivity index (χ3n) is 10.3. The predicted molar refractivity (Wildman–Crippen MR) is 234 cm³/mol. The van der Waals surface area contributed by atoms with Gasteiger partial charge >= 0.3 is 0 Å². The summed E-state index contributed by atoms with van der Waals surface area (Å²) in [7, 11) is 0. The molecule has 0 N–H and O–H groups in total. The molecule has 9 aromatic rings. The highest BCUT2D eigenvalue weighted by molar-refractivity contribution is 6.25. The van der Waals surface area contributed by atoms with Crippen LogP contribution in [0.4, 0.5) is 0 Å². The van der Waals surface area contributed by atoms with E-state index in [0.717, 1.165) is 55.8 Å². The van der Waals surface area contributed by atoms with Crippen LogP contribution in [0.1, 0.15) is 23.6 Å². The first kappa shape index (κ1) is 33.6. The number of nitrogens with zero attached hydrogens (tertiary/aromatic N) is 3. The van der Waals surface area contributed by atoms with Crippen LogP contribution in [0.2, 0.25) is 0 Å². The van der Waals surface area contributed by atoms with Crippen molar-refractivity contribution >= 4 is 49.6 Å². The molecule has 260 valence electrons. The third kappa shape index (κ3) is 6.76. The van der Waals surface area contributed by atoms with E-state index in [9.17, 15) is 0 Å². The van der Waals surface area contributed by atoms with Crippen molar-refractivity contribution in [1.29, 1.82) is 0 Å². The molecule has 0 bridgehead atoms. The number of fused-ring (bicyclic) bond motifs is 6. The summed E-state index contributed by atoms with van der Waals surface area (Å²) in [5.74, 6) is 0.596. The summed E-state index contributed by atoms with van der Waals surface area (Å²) in [6.07, 6.45) is 3.66. The average molecular weight is 704 g/mol. The zero-order chi connectivity index (χ0) is 37.1. The first-order chi connectivity index (χ1) is 27.1. The molecule has 0 aliphatic heterocycles. The fourth-order valence-corrected chi connectivity index (χ4v) is 7.46. The summed E-state index contributed by atoms with van der Waals surface area (Å²) in [6.45, 7) is 6.50. The predicted octanol–water partition coefficient (Wildman–Crippen LogP) is 13.5. The highest BCUT2D eigenvalue weighted by Crippen LogP contribution is 2.37. The topological polar surface area (TPSA) is 37.6 Å². The van der Waals surface area contributed by atoms with E-state index in [0.29, 0.717) is 11.5 Å². The van der Waals surface area contributed by atoms with Crippen LogP contribution >= 0.6 is 0 Å². The summed E-state index contributed by atoms with van der Waals surface area (Å²) >= 11 is 0. The molecule has 0 radical (unpaired) electrons. The number of pyridine rings is 1. The normalized spacial score (nSPS) is 12.0. The largest absolute Gasteiger partial charge is 0.264 e. The Hall–Kier alpha value is -7.23. The molecule has 0 spiro atoms. The van der Waals surface area contributed by atoms with Crippen molar-refractivity contribution in [3.8, 4) is 33.4 Å². The lowest BCUT2D eigenvalue weighted by Gasteiger charge is -2.13. The van der Waals surface area contributed by atoms with Gasteiger partial charge in [-0.25, -0.2) is 9.98 Å². The van der Waals surface area contributed by atoms with Crippen molar-refractivity contribution in [2.45, 2.75) is 6.92 Å². The van der Waals surface area contributed by atoms with E-state index < -0.39 is 0 Å². The maximum absolute atomic E-state index is 5.25.